The van der Waals surface area contributed by atoms with E-state index in [0.29, 0.717) is 29.8 Å². The van der Waals surface area contributed by atoms with Crippen molar-refractivity contribution in [2.75, 3.05) is 7.11 Å². The molecule has 0 radical (unpaired) electrons. The van der Waals surface area contributed by atoms with Gasteiger partial charge in [-0.15, -0.1) is 5.10 Å². The molecule has 35 heavy (non-hydrogen) atoms. The van der Waals surface area contributed by atoms with Crippen LogP contribution in [-0.2, 0) is 13.1 Å². The number of ether oxygens (including phenoxy) is 1. The molecule has 0 spiro atoms. The number of hydrogen-bond donors (Lipinski definition) is 1. The van der Waals surface area contributed by atoms with Crippen LogP contribution in [0.2, 0.25) is 0 Å². The summed E-state index contributed by atoms with van der Waals surface area (Å²) in [7, 11) is 1.53. The van der Waals surface area contributed by atoms with Gasteiger partial charge in [0.05, 0.1) is 18.0 Å². The number of ketones is 1. The summed E-state index contributed by atoms with van der Waals surface area (Å²) in [5.74, 6) is 0.101. The van der Waals surface area contributed by atoms with Gasteiger partial charge in [-0.1, -0.05) is 6.92 Å². The van der Waals surface area contributed by atoms with Crippen molar-refractivity contribution >= 4 is 28.4 Å². The van der Waals surface area contributed by atoms with Gasteiger partial charge >= 0.3 is 5.69 Å². The zero-order valence-corrected chi connectivity index (χ0v) is 20.1. The molecule has 0 unspecified atom stereocenters. The van der Waals surface area contributed by atoms with Crippen molar-refractivity contribution in [2.24, 2.45) is 0 Å². The first-order valence-electron chi connectivity index (χ1n) is 11.4. The van der Waals surface area contributed by atoms with Gasteiger partial charge in [0, 0.05) is 23.7 Å². The Morgan fingerprint density at radius 1 is 1.06 bits per heavy atom. The lowest BCUT2D eigenvalue weighted by Crippen LogP contribution is -2.31. The van der Waals surface area contributed by atoms with E-state index >= 15 is 0 Å². The number of methoxy groups -OCH3 is 1. The minimum atomic E-state index is -0.571. The Morgan fingerprint density at radius 3 is 2.37 bits per heavy atom. The van der Waals surface area contributed by atoms with E-state index in [0.717, 1.165) is 4.68 Å². The molecule has 2 aromatic carbocycles. The Bertz CT molecular complexity index is 1540. The van der Waals surface area contributed by atoms with Crippen LogP contribution in [0.25, 0.3) is 16.7 Å². The summed E-state index contributed by atoms with van der Waals surface area (Å²) in [4.78, 5) is 52.1. The van der Waals surface area contributed by atoms with Crippen LogP contribution in [0.15, 0.2) is 52.1 Å². The fourth-order valence-electron chi connectivity index (χ4n) is 3.93. The van der Waals surface area contributed by atoms with Crippen LogP contribution in [-0.4, -0.2) is 43.6 Å². The molecule has 0 bridgehead atoms. The Hall–Kier alpha value is -4.21. The van der Waals surface area contributed by atoms with Gasteiger partial charge < -0.3 is 10.1 Å². The monoisotopic (exact) mass is 477 g/mol. The van der Waals surface area contributed by atoms with Gasteiger partial charge in [0.2, 0.25) is 5.78 Å². The average Bonchev–Trinajstić information content (AvgIpc) is 3.16. The molecular formula is C25H27N5O5. The maximum atomic E-state index is 13.4. The number of aryl methyl sites for hydroxylation is 1. The number of nitrogens with zero attached hydrogens (tertiary/aromatic N) is 4. The maximum Gasteiger partial charge on any atom is 0.352 e. The first-order valence-corrected chi connectivity index (χ1v) is 11.4. The number of benzene rings is 2. The summed E-state index contributed by atoms with van der Waals surface area (Å²) in [6.07, 6.45) is 0.641. The zero-order valence-electron chi connectivity index (χ0n) is 20.1. The molecule has 2 heterocycles. The number of nitrogens with one attached hydrogen (secondary N) is 1. The number of hydrogen-bond acceptors (Lipinski definition) is 6. The second-order valence-corrected chi connectivity index (χ2v) is 8.54. The van der Waals surface area contributed by atoms with Crippen molar-refractivity contribution in [3.8, 4) is 5.75 Å². The van der Waals surface area contributed by atoms with Gasteiger partial charge in [0.25, 0.3) is 11.5 Å². The van der Waals surface area contributed by atoms with Gasteiger partial charge in [0.15, 0.2) is 5.78 Å². The van der Waals surface area contributed by atoms with Crippen molar-refractivity contribution in [3.05, 3.63) is 74.4 Å². The summed E-state index contributed by atoms with van der Waals surface area (Å²) in [6, 6.07) is 11.1. The molecule has 0 atom stereocenters. The highest BCUT2D eigenvalue weighted by Crippen LogP contribution is 2.16. The molecule has 4 aromatic rings. The lowest BCUT2D eigenvalue weighted by atomic mass is 10.1. The highest BCUT2D eigenvalue weighted by atomic mass is 16.5. The van der Waals surface area contributed by atoms with Crippen molar-refractivity contribution < 1.29 is 14.3 Å². The van der Waals surface area contributed by atoms with Crippen molar-refractivity contribution in [1.82, 2.24) is 24.1 Å². The van der Waals surface area contributed by atoms with Gasteiger partial charge in [-0.05, 0) is 62.7 Å². The topological polar surface area (TPSA) is 117 Å². The second kappa shape index (κ2) is 9.57. The molecule has 1 N–H and O–H groups in total. The molecule has 0 aliphatic rings. The van der Waals surface area contributed by atoms with E-state index < -0.39 is 5.69 Å². The van der Waals surface area contributed by atoms with Crippen LogP contribution in [0.3, 0.4) is 0 Å². The number of carbonyl (C=O) groups excluding carboxylic acids is 2. The molecule has 1 amide bonds. The van der Waals surface area contributed by atoms with E-state index in [1.807, 2.05) is 20.8 Å². The summed E-state index contributed by atoms with van der Waals surface area (Å²) in [6.45, 7) is 5.64. The van der Waals surface area contributed by atoms with E-state index in [-0.39, 0.29) is 46.5 Å². The highest BCUT2D eigenvalue weighted by molar-refractivity contribution is 5.98. The normalized spacial score (nSPS) is 11.3. The van der Waals surface area contributed by atoms with Crippen molar-refractivity contribution in [1.29, 1.82) is 0 Å². The largest absolute Gasteiger partial charge is 0.497 e. The summed E-state index contributed by atoms with van der Waals surface area (Å²) in [5.41, 5.74) is 0.0937. The zero-order chi connectivity index (χ0) is 25.3. The molecule has 0 saturated heterocycles. The molecule has 0 aliphatic carbocycles. The highest BCUT2D eigenvalue weighted by Gasteiger charge is 2.20. The van der Waals surface area contributed by atoms with Crippen LogP contribution in [0.5, 0.6) is 5.75 Å². The first-order chi connectivity index (χ1) is 16.7. The predicted octanol–water partition coefficient (Wildman–Crippen LogP) is 2.25. The van der Waals surface area contributed by atoms with E-state index in [1.165, 1.54) is 22.1 Å². The molecular weight excluding hydrogens is 450 g/mol. The van der Waals surface area contributed by atoms with Crippen LogP contribution in [0, 0.1) is 0 Å². The summed E-state index contributed by atoms with van der Waals surface area (Å²) < 4.78 is 8.88. The van der Waals surface area contributed by atoms with E-state index in [2.05, 4.69) is 10.4 Å². The molecule has 10 nitrogen and oxygen atoms in total. The second-order valence-electron chi connectivity index (χ2n) is 8.54. The van der Waals surface area contributed by atoms with Crippen LogP contribution >= 0.6 is 0 Å². The molecule has 4 rings (SSSR count). The fourth-order valence-corrected chi connectivity index (χ4v) is 3.93. The summed E-state index contributed by atoms with van der Waals surface area (Å²) >= 11 is 0. The first kappa shape index (κ1) is 23.9. The smallest absolute Gasteiger partial charge is 0.352 e. The Morgan fingerprint density at radius 2 is 1.74 bits per heavy atom. The molecule has 2 aromatic heterocycles. The number of carbonyl (C=O) groups is 2. The summed E-state index contributed by atoms with van der Waals surface area (Å²) in [5, 5.41) is 7.44. The number of aromatic nitrogens is 4. The Balaban J connectivity index is 1.88. The van der Waals surface area contributed by atoms with E-state index in [9.17, 15) is 19.2 Å². The fraction of sp³-hybridized carbons (Fsp3) is 0.320. The molecule has 0 fully saturated rings. The Labute approximate surface area is 200 Å². The molecule has 10 heteroatoms. The minimum Gasteiger partial charge on any atom is -0.497 e. The lowest BCUT2D eigenvalue weighted by molar-refractivity contribution is 0.0940. The third kappa shape index (κ3) is 4.46. The van der Waals surface area contributed by atoms with Gasteiger partial charge in [-0.25, -0.2) is 13.9 Å². The molecule has 182 valence electrons. The van der Waals surface area contributed by atoms with Crippen molar-refractivity contribution in [2.45, 2.75) is 46.3 Å². The van der Waals surface area contributed by atoms with Gasteiger partial charge in [-0.3, -0.25) is 19.0 Å². The average molecular weight is 478 g/mol. The van der Waals surface area contributed by atoms with Gasteiger partial charge in [-0.2, -0.15) is 0 Å². The minimum absolute atomic E-state index is 0.0785. The molecule has 0 saturated carbocycles. The van der Waals surface area contributed by atoms with Crippen molar-refractivity contribution in [3.63, 3.8) is 0 Å². The third-order valence-corrected chi connectivity index (χ3v) is 5.61. The van der Waals surface area contributed by atoms with Gasteiger partial charge in [0.1, 0.15) is 12.3 Å². The molecule has 0 aliphatic heterocycles. The number of fused-ring (bicyclic) bond motifs is 3. The Kier molecular flexibility index (Phi) is 6.54. The maximum absolute atomic E-state index is 13.4. The predicted molar refractivity (Wildman–Crippen MR) is 131 cm³/mol. The SMILES string of the molecule is CCCn1c(=O)c2ccc(C(=O)NC(C)C)cc2n2c(=O)n(CC(=O)c3ccc(OC)cc3)nc12. The van der Waals surface area contributed by atoms with Crippen LogP contribution < -0.4 is 21.3 Å². The van der Waals surface area contributed by atoms with Crippen LogP contribution in [0.1, 0.15) is 47.9 Å². The van der Waals surface area contributed by atoms with E-state index in [4.69, 9.17) is 4.74 Å². The number of rotatable bonds is 8. The standard InChI is InChI=1S/C25H27N5O5/c1-5-12-28-23(33)19-11-8-17(22(32)26-15(2)3)13-20(19)30-24(28)27-29(25(30)34)14-21(31)16-6-9-18(35-4)10-7-16/h6-11,13,15H,5,12,14H2,1-4H3,(H,26,32). The van der Waals surface area contributed by atoms with E-state index in [1.54, 1.807) is 36.4 Å². The lowest BCUT2D eigenvalue weighted by Gasteiger charge is -2.11. The number of amides is 1. The number of Topliss-reactive ketones (excluding diaryl/α,β-unsaturated/α-hetero) is 1. The van der Waals surface area contributed by atoms with Crippen LogP contribution in [0.4, 0.5) is 0 Å². The third-order valence-electron chi connectivity index (χ3n) is 5.61. The quantitative estimate of drug-likeness (QED) is 0.389.